The van der Waals surface area contributed by atoms with Crippen molar-refractivity contribution in [2.24, 2.45) is 10.9 Å². The zero-order valence-corrected chi connectivity index (χ0v) is 20.9. The number of aromatic nitrogens is 1. The highest BCUT2D eigenvalue weighted by molar-refractivity contribution is 7.89. The second kappa shape index (κ2) is 9.27. The van der Waals surface area contributed by atoms with Crippen LogP contribution in [0.1, 0.15) is 37.0 Å². The van der Waals surface area contributed by atoms with Crippen molar-refractivity contribution < 1.29 is 13.2 Å². The van der Waals surface area contributed by atoms with Gasteiger partial charge in [-0.05, 0) is 62.1 Å². The average Bonchev–Trinajstić information content (AvgIpc) is 3.11. The van der Waals surface area contributed by atoms with Crippen molar-refractivity contribution in [3.05, 3.63) is 56.8 Å². The monoisotopic (exact) mass is 511 g/mol. The molecular formula is C22H23Cl2N3O3S2. The molecule has 1 aliphatic rings. The average molecular weight is 512 g/mol. The van der Waals surface area contributed by atoms with Gasteiger partial charge in [-0.1, -0.05) is 41.5 Å². The first-order chi connectivity index (χ1) is 15.2. The van der Waals surface area contributed by atoms with E-state index in [2.05, 4.69) is 11.9 Å². The molecule has 4 rings (SSSR count). The van der Waals surface area contributed by atoms with Gasteiger partial charge in [0, 0.05) is 30.2 Å². The maximum Gasteiger partial charge on any atom is 0.279 e. The molecule has 2 heterocycles. The van der Waals surface area contributed by atoms with E-state index in [0.29, 0.717) is 46.0 Å². The molecule has 0 radical (unpaired) electrons. The molecule has 2 aromatic carbocycles. The lowest BCUT2D eigenvalue weighted by molar-refractivity contribution is 0.0997. The van der Waals surface area contributed by atoms with Crippen LogP contribution in [0.3, 0.4) is 0 Å². The summed E-state index contributed by atoms with van der Waals surface area (Å²) >= 11 is 13.8. The summed E-state index contributed by atoms with van der Waals surface area (Å²) in [6.07, 6.45) is 1.72. The fourth-order valence-corrected chi connectivity index (χ4v) is 7.15. The predicted molar refractivity (Wildman–Crippen MR) is 129 cm³/mol. The molecule has 0 atom stereocenters. The van der Waals surface area contributed by atoms with Gasteiger partial charge in [-0.2, -0.15) is 9.30 Å². The Balaban J connectivity index is 1.64. The number of piperidine rings is 1. The fourth-order valence-electron chi connectivity index (χ4n) is 3.80. The SMILES string of the molecule is CCn1c(=NC(=O)c2ccc(S(=O)(=O)N3CCC(C)CC3)cc2)sc2cc(Cl)cc(Cl)c21. The van der Waals surface area contributed by atoms with Gasteiger partial charge >= 0.3 is 0 Å². The zero-order valence-electron chi connectivity index (χ0n) is 17.7. The van der Waals surface area contributed by atoms with Gasteiger partial charge in [0.05, 0.1) is 20.1 Å². The lowest BCUT2D eigenvalue weighted by Gasteiger charge is -2.29. The Bertz CT molecular complexity index is 1340. The molecule has 1 saturated heterocycles. The van der Waals surface area contributed by atoms with Crippen LogP contribution in [-0.4, -0.2) is 36.3 Å². The van der Waals surface area contributed by atoms with Crippen LogP contribution in [0.4, 0.5) is 0 Å². The van der Waals surface area contributed by atoms with Crippen LogP contribution in [0.2, 0.25) is 10.0 Å². The standard InChI is InChI=1S/C22H23Cl2N3O3S2/c1-3-27-20-18(24)12-16(23)13-19(20)31-22(27)25-21(28)15-4-6-17(7-5-15)32(29,30)26-10-8-14(2)9-11-26/h4-7,12-14H,3,8-11H2,1-2H3. The van der Waals surface area contributed by atoms with E-state index in [1.165, 1.54) is 39.9 Å². The first kappa shape index (κ1) is 23.4. The zero-order chi connectivity index (χ0) is 23.0. The van der Waals surface area contributed by atoms with E-state index in [1.54, 1.807) is 12.1 Å². The molecule has 32 heavy (non-hydrogen) atoms. The van der Waals surface area contributed by atoms with E-state index in [1.807, 2.05) is 11.5 Å². The third-order valence-corrected chi connectivity index (χ3v) is 9.13. The number of nitrogens with zero attached hydrogens (tertiary/aromatic N) is 3. The summed E-state index contributed by atoms with van der Waals surface area (Å²) < 4.78 is 30.0. The third-order valence-electron chi connectivity index (χ3n) is 5.69. The summed E-state index contributed by atoms with van der Waals surface area (Å²) in [4.78, 5) is 17.8. The highest BCUT2D eigenvalue weighted by Gasteiger charge is 2.28. The summed E-state index contributed by atoms with van der Waals surface area (Å²) in [5.74, 6) is 0.0884. The molecule has 1 fully saturated rings. The summed E-state index contributed by atoms with van der Waals surface area (Å²) in [6.45, 7) is 5.71. The molecule has 0 spiro atoms. The number of aryl methyl sites for hydroxylation is 1. The minimum absolute atomic E-state index is 0.190. The van der Waals surface area contributed by atoms with Crippen LogP contribution >= 0.6 is 34.5 Å². The maximum atomic E-state index is 12.9. The van der Waals surface area contributed by atoms with Gasteiger partial charge in [0.25, 0.3) is 5.91 Å². The molecule has 10 heteroatoms. The van der Waals surface area contributed by atoms with Gasteiger partial charge in [-0.15, -0.1) is 0 Å². The van der Waals surface area contributed by atoms with Crippen LogP contribution in [-0.2, 0) is 16.6 Å². The predicted octanol–water partition coefficient (Wildman–Crippen LogP) is 5.19. The van der Waals surface area contributed by atoms with Gasteiger partial charge < -0.3 is 4.57 Å². The third kappa shape index (κ3) is 4.52. The molecule has 3 aromatic rings. The van der Waals surface area contributed by atoms with Crippen LogP contribution in [0, 0.1) is 5.92 Å². The van der Waals surface area contributed by atoms with Crippen molar-refractivity contribution in [3.63, 3.8) is 0 Å². The maximum absolute atomic E-state index is 12.9. The number of benzene rings is 2. The summed E-state index contributed by atoms with van der Waals surface area (Å²) in [5.41, 5.74) is 1.10. The van der Waals surface area contributed by atoms with E-state index in [9.17, 15) is 13.2 Å². The number of sulfonamides is 1. The van der Waals surface area contributed by atoms with Gasteiger partial charge in [0.1, 0.15) is 0 Å². The molecule has 1 amide bonds. The number of carbonyl (C=O) groups is 1. The normalized spacial score (nSPS) is 16.7. The van der Waals surface area contributed by atoms with Crippen LogP contribution in [0.25, 0.3) is 10.2 Å². The molecule has 170 valence electrons. The number of hydrogen-bond acceptors (Lipinski definition) is 4. The highest BCUT2D eigenvalue weighted by Crippen LogP contribution is 2.30. The Kier molecular flexibility index (Phi) is 6.79. The number of halogens is 2. The summed E-state index contributed by atoms with van der Waals surface area (Å²) in [7, 11) is -3.56. The molecule has 0 aliphatic carbocycles. The molecule has 0 bridgehead atoms. The van der Waals surface area contributed by atoms with Crippen LogP contribution in [0.5, 0.6) is 0 Å². The van der Waals surface area contributed by atoms with Gasteiger partial charge in [0.15, 0.2) is 4.80 Å². The van der Waals surface area contributed by atoms with Crippen LogP contribution < -0.4 is 4.80 Å². The molecule has 6 nitrogen and oxygen atoms in total. The smallest absolute Gasteiger partial charge is 0.279 e. The quantitative estimate of drug-likeness (QED) is 0.483. The number of carbonyl (C=O) groups excluding carboxylic acids is 1. The minimum Gasteiger partial charge on any atom is -0.315 e. The second-order valence-corrected chi connectivity index (χ2v) is 11.7. The van der Waals surface area contributed by atoms with Crippen molar-refractivity contribution in [1.29, 1.82) is 0 Å². The fraction of sp³-hybridized carbons (Fsp3) is 0.364. The number of rotatable bonds is 4. The van der Waals surface area contributed by atoms with Gasteiger partial charge in [0.2, 0.25) is 10.0 Å². The Hall–Kier alpha value is -1.71. The van der Waals surface area contributed by atoms with E-state index in [4.69, 9.17) is 23.2 Å². The Morgan fingerprint density at radius 3 is 2.44 bits per heavy atom. The van der Waals surface area contributed by atoms with E-state index in [-0.39, 0.29) is 4.90 Å². The minimum atomic E-state index is -3.56. The highest BCUT2D eigenvalue weighted by atomic mass is 35.5. The van der Waals surface area contributed by atoms with Crippen LogP contribution in [0.15, 0.2) is 46.3 Å². The molecule has 0 saturated carbocycles. The summed E-state index contributed by atoms with van der Waals surface area (Å²) in [6, 6.07) is 9.44. The largest absolute Gasteiger partial charge is 0.315 e. The van der Waals surface area contributed by atoms with Crippen molar-refractivity contribution in [1.82, 2.24) is 8.87 Å². The first-order valence-electron chi connectivity index (χ1n) is 10.4. The Morgan fingerprint density at radius 1 is 1.16 bits per heavy atom. The second-order valence-electron chi connectivity index (χ2n) is 7.89. The molecule has 0 N–H and O–H groups in total. The van der Waals surface area contributed by atoms with Gasteiger partial charge in [-0.25, -0.2) is 8.42 Å². The lowest BCUT2D eigenvalue weighted by Crippen LogP contribution is -2.37. The topological polar surface area (TPSA) is 71.7 Å². The number of amides is 1. The summed E-state index contributed by atoms with van der Waals surface area (Å²) in [5, 5.41) is 1.02. The van der Waals surface area contributed by atoms with E-state index >= 15 is 0 Å². The first-order valence-corrected chi connectivity index (χ1v) is 13.4. The number of fused-ring (bicyclic) bond motifs is 1. The van der Waals surface area contributed by atoms with Gasteiger partial charge in [-0.3, -0.25) is 4.79 Å². The lowest BCUT2D eigenvalue weighted by atomic mass is 10.0. The number of thiazole rings is 1. The van der Waals surface area contributed by atoms with Crippen molar-refractivity contribution >= 4 is 60.7 Å². The van der Waals surface area contributed by atoms with E-state index in [0.717, 1.165) is 23.1 Å². The molecule has 1 aromatic heterocycles. The Morgan fingerprint density at radius 2 is 1.81 bits per heavy atom. The van der Waals surface area contributed by atoms with Crippen molar-refractivity contribution in [3.8, 4) is 0 Å². The van der Waals surface area contributed by atoms with Crippen molar-refractivity contribution in [2.75, 3.05) is 13.1 Å². The molecular weight excluding hydrogens is 489 g/mol. The number of hydrogen-bond donors (Lipinski definition) is 0. The van der Waals surface area contributed by atoms with E-state index < -0.39 is 15.9 Å². The Labute approximate surface area is 201 Å². The van der Waals surface area contributed by atoms with Crippen molar-refractivity contribution in [2.45, 2.75) is 38.1 Å². The molecule has 0 unspecified atom stereocenters. The molecule has 1 aliphatic heterocycles.